The number of rotatable bonds is 2. The molecule has 0 radical (unpaired) electrons. The minimum atomic E-state index is -0.609. The number of esters is 1. The van der Waals surface area contributed by atoms with Crippen LogP contribution in [0.5, 0.6) is 0 Å². The molecule has 3 nitrogen and oxygen atoms in total. The van der Waals surface area contributed by atoms with Crippen LogP contribution in [-0.2, 0) is 9.53 Å². The van der Waals surface area contributed by atoms with Gasteiger partial charge in [0.05, 0.1) is 19.1 Å². The summed E-state index contributed by atoms with van der Waals surface area (Å²) in [4.78, 5) is 11.6. The number of aliphatic hydroxyl groups excluding tert-OH is 1. The smallest absolute Gasteiger partial charge is 0.312 e. The summed E-state index contributed by atoms with van der Waals surface area (Å²) in [6.07, 6.45) is -0.609. The van der Waals surface area contributed by atoms with Crippen LogP contribution < -0.4 is 0 Å². The van der Waals surface area contributed by atoms with E-state index in [1.54, 1.807) is 11.8 Å². The van der Waals surface area contributed by atoms with Crippen molar-refractivity contribution in [3.8, 4) is 0 Å². The van der Waals surface area contributed by atoms with Gasteiger partial charge in [0, 0.05) is 11.0 Å². The van der Waals surface area contributed by atoms with E-state index in [1.165, 1.54) is 7.11 Å². The highest BCUT2D eigenvalue weighted by atomic mass is 32.2. The first-order chi connectivity index (χ1) is 7.74. The van der Waals surface area contributed by atoms with Gasteiger partial charge in [-0.3, -0.25) is 4.79 Å². The van der Waals surface area contributed by atoms with E-state index < -0.39 is 12.0 Å². The molecule has 0 spiro atoms. The molecule has 3 atom stereocenters. The molecular weight excluding hydrogens is 224 g/mol. The molecular formula is C12H14O3S. The van der Waals surface area contributed by atoms with Crippen LogP contribution >= 0.6 is 11.8 Å². The van der Waals surface area contributed by atoms with Gasteiger partial charge in [-0.15, -0.1) is 0 Å². The number of carbonyl (C=O) groups is 1. The van der Waals surface area contributed by atoms with Gasteiger partial charge in [0.1, 0.15) is 0 Å². The summed E-state index contributed by atoms with van der Waals surface area (Å²) in [5, 5.41) is 9.80. The number of methoxy groups -OCH3 is 1. The summed E-state index contributed by atoms with van der Waals surface area (Å²) in [7, 11) is 1.36. The summed E-state index contributed by atoms with van der Waals surface area (Å²) < 4.78 is 4.74. The highest BCUT2D eigenvalue weighted by Crippen LogP contribution is 2.45. The van der Waals surface area contributed by atoms with E-state index in [0.29, 0.717) is 5.75 Å². The average molecular weight is 238 g/mol. The van der Waals surface area contributed by atoms with Crippen LogP contribution in [0.1, 0.15) is 10.8 Å². The van der Waals surface area contributed by atoms with E-state index in [2.05, 4.69) is 0 Å². The Hall–Kier alpha value is -1.00. The van der Waals surface area contributed by atoms with Crippen molar-refractivity contribution in [3.05, 3.63) is 35.9 Å². The van der Waals surface area contributed by atoms with Gasteiger partial charge >= 0.3 is 5.97 Å². The number of thioether (sulfide) groups is 1. The van der Waals surface area contributed by atoms with E-state index >= 15 is 0 Å². The number of benzene rings is 1. The van der Waals surface area contributed by atoms with Crippen LogP contribution in [0.4, 0.5) is 0 Å². The molecule has 1 saturated heterocycles. The maximum atomic E-state index is 11.6. The monoisotopic (exact) mass is 238 g/mol. The molecule has 0 aromatic heterocycles. The first kappa shape index (κ1) is 11.5. The Labute approximate surface area is 98.8 Å². The molecule has 1 N–H and O–H groups in total. The summed E-state index contributed by atoms with van der Waals surface area (Å²) in [5.74, 6) is -0.192. The second-order valence-corrected chi connectivity index (χ2v) is 4.96. The fourth-order valence-corrected chi connectivity index (χ4v) is 3.44. The van der Waals surface area contributed by atoms with Crippen molar-refractivity contribution >= 4 is 17.7 Å². The van der Waals surface area contributed by atoms with E-state index in [-0.39, 0.29) is 11.2 Å². The van der Waals surface area contributed by atoms with E-state index in [9.17, 15) is 9.90 Å². The lowest BCUT2D eigenvalue weighted by atomic mass is 9.95. The third-order valence-electron chi connectivity index (χ3n) is 2.79. The molecule has 1 heterocycles. The van der Waals surface area contributed by atoms with Gasteiger partial charge in [-0.2, -0.15) is 11.8 Å². The zero-order chi connectivity index (χ0) is 11.5. The maximum Gasteiger partial charge on any atom is 0.312 e. The topological polar surface area (TPSA) is 46.5 Å². The van der Waals surface area contributed by atoms with Crippen LogP contribution in [0, 0.1) is 5.92 Å². The van der Waals surface area contributed by atoms with E-state index in [1.807, 2.05) is 30.3 Å². The number of ether oxygens (including phenoxy) is 1. The molecule has 1 aromatic rings. The van der Waals surface area contributed by atoms with Crippen LogP contribution in [0.3, 0.4) is 0 Å². The lowest BCUT2D eigenvalue weighted by molar-refractivity contribution is -0.148. The van der Waals surface area contributed by atoms with E-state index in [0.717, 1.165) is 5.56 Å². The van der Waals surface area contributed by atoms with Gasteiger partial charge in [0.25, 0.3) is 0 Å². The van der Waals surface area contributed by atoms with Crippen molar-refractivity contribution in [2.75, 3.05) is 12.9 Å². The zero-order valence-electron chi connectivity index (χ0n) is 9.00. The van der Waals surface area contributed by atoms with Gasteiger partial charge in [-0.1, -0.05) is 30.3 Å². The van der Waals surface area contributed by atoms with Gasteiger partial charge in [0.15, 0.2) is 0 Å². The second-order valence-electron chi connectivity index (χ2n) is 3.78. The predicted octanol–water partition coefficient (Wildman–Crippen LogP) is 1.62. The Kier molecular flexibility index (Phi) is 3.51. The van der Waals surface area contributed by atoms with Crippen molar-refractivity contribution < 1.29 is 14.6 Å². The number of hydrogen-bond donors (Lipinski definition) is 1. The fraction of sp³-hybridized carbons (Fsp3) is 0.417. The van der Waals surface area contributed by atoms with Crippen LogP contribution in [-0.4, -0.2) is 30.0 Å². The van der Waals surface area contributed by atoms with Crippen molar-refractivity contribution in [2.45, 2.75) is 11.4 Å². The highest BCUT2D eigenvalue weighted by Gasteiger charge is 2.42. The number of carbonyl (C=O) groups excluding carboxylic acids is 1. The van der Waals surface area contributed by atoms with Gasteiger partial charge in [-0.25, -0.2) is 0 Å². The second kappa shape index (κ2) is 4.89. The quantitative estimate of drug-likeness (QED) is 0.795. The summed E-state index contributed by atoms with van der Waals surface area (Å²) in [6.45, 7) is 0. The summed E-state index contributed by atoms with van der Waals surface area (Å²) >= 11 is 1.60. The molecule has 2 rings (SSSR count). The highest BCUT2D eigenvalue weighted by molar-refractivity contribution is 7.99. The molecule has 0 saturated carbocycles. The zero-order valence-corrected chi connectivity index (χ0v) is 9.81. The molecule has 1 aromatic carbocycles. The lowest BCUT2D eigenvalue weighted by Crippen LogP contribution is -2.29. The third kappa shape index (κ3) is 2.08. The minimum absolute atomic E-state index is 0.00338. The van der Waals surface area contributed by atoms with Crippen LogP contribution in [0.15, 0.2) is 30.3 Å². The van der Waals surface area contributed by atoms with Crippen LogP contribution in [0.2, 0.25) is 0 Å². The molecule has 0 bridgehead atoms. The van der Waals surface area contributed by atoms with Crippen molar-refractivity contribution in [2.24, 2.45) is 5.92 Å². The summed E-state index contributed by atoms with van der Waals surface area (Å²) in [5.41, 5.74) is 1.07. The molecule has 0 amide bonds. The van der Waals surface area contributed by atoms with Gasteiger partial charge in [-0.05, 0) is 5.56 Å². The molecule has 86 valence electrons. The Balaban J connectivity index is 2.24. The third-order valence-corrected chi connectivity index (χ3v) is 4.25. The molecule has 4 heteroatoms. The van der Waals surface area contributed by atoms with Gasteiger partial charge < -0.3 is 9.84 Å². The number of aliphatic hydroxyl groups is 1. The minimum Gasteiger partial charge on any atom is -0.469 e. The lowest BCUT2D eigenvalue weighted by Gasteiger charge is -2.18. The Morgan fingerprint density at radius 2 is 2.12 bits per heavy atom. The first-order valence-electron chi connectivity index (χ1n) is 5.16. The van der Waals surface area contributed by atoms with Crippen molar-refractivity contribution in [1.29, 1.82) is 0 Å². The summed E-state index contributed by atoms with van der Waals surface area (Å²) in [6, 6.07) is 9.77. The standard InChI is InChI=1S/C12H14O3S/c1-15-12(14)10-9(13)7-16-11(10)8-5-3-2-4-6-8/h2-6,9-11,13H,7H2,1H3. The normalized spacial score (nSPS) is 29.0. The molecule has 1 fully saturated rings. The van der Waals surface area contributed by atoms with Crippen LogP contribution in [0.25, 0.3) is 0 Å². The fourth-order valence-electron chi connectivity index (χ4n) is 1.97. The Morgan fingerprint density at radius 3 is 2.75 bits per heavy atom. The Bertz CT molecular complexity index is 366. The average Bonchev–Trinajstić information content (AvgIpc) is 2.71. The maximum absolute atomic E-state index is 11.6. The van der Waals surface area contributed by atoms with Gasteiger partial charge in [0.2, 0.25) is 0 Å². The van der Waals surface area contributed by atoms with E-state index in [4.69, 9.17) is 4.74 Å². The van der Waals surface area contributed by atoms with Crippen molar-refractivity contribution in [3.63, 3.8) is 0 Å². The molecule has 3 unspecified atom stereocenters. The SMILES string of the molecule is COC(=O)C1C(O)CSC1c1ccccc1. The first-order valence-corrected chi connectivity index (χ1v) is 6.21. The molecule has 0 aliphatic carbocycles. The molecule has 1 aliphatic heterocycles. The Morgan fingerprint density at radius 1 is 1.44 bits per heavy atom. The predicted molar refractivity (Wildman–Crippen MR) is 63.2 cm³/mol. The number of hydrogen-bond acceptors (Lipinski definition) is 4. The molecule has 16 heavy (non-hydrogen) atoms. The molecule has 1 aliphatic rings. The van der Waals surface area contributed by atoms with Crippen molar-refractivity contribution in [1.82, 2.24) is 0 Å². The largest absolute Gasteiger partial charge is 0.469 e.